The van der Waals surface area contributed by atoms with Gasteiger partial charge in [-0.3, -0.25) is 0 Å². The van der Waals surface area contributed by atoms with Gasteiger partial charge in [0.25, 0.3) is 0 Å². The van der Waals surface area contributed by atoms with Crippen molar-refractivity contribution in [1.29, 1.82) is 0 Å². The third-order valence-corrected chi connectivity index (χ3v) is 16.0. The van der Waals surface area contributed by atoms with Crippen LogP contribution in [0.2, 0.25) is 0 Å². The van der Waals surface area contributed by atoms with Crippen molar-refractivity contribution < 1.29 is 24.1 Å². The summed E-state index contributed by atoms with van der Waals surface area (Å²) in [7, 11) is 1.27. The van der Waals surface area contributed by atoms with Crippen LogP contribution < -0.4 is 0 Å². The van der Waals surface area contributed by atoms with Gasteiger partial charge in [-0.05, 0) is 113 Å². The Balaban J connectivity index is -0.000000156. The third kappa shape index (κ3) is 48.6. The molecular weight excluding hydrogens is 656 g/mol. The number of rotatable bonds is 27. The fraction of sp³-hybridized carbons (Fsp3) is 0.973. The minimum atomic E-state index is 0. The first-order valence-corrected chi connectivity index (χ1v) is 24.1. The van der Waals surface area contributed by atoms with Crippen molar-refractivity contribution in [3.05, 3.63) is 6.65 Å². The molecule has 0 aliphatic heterocycles. The molecule has 0 aromatic rings. The maximum atomic E-state index is 7.50. The van der Waals surface area contributed by atoms with E-state index in [1.54, 1.807) is 55.5 Å². The summed E-state index contributed by atoms with van der Waals surface area (Å²) in [5, 5.41) is 0. The van der Waals surface area contributed by atoms with Crippen molar-refractivity contribution in [3.63, 3.8) is 0 Å². The van der Waals surface area contributed by atoms with Crippen molar-refractivity contribution in [2.75, 3.05) is 55.5 Å². The molecule has 0 aliphatic rings. The van der Waals surface area contributed by atoms with E-state index in [-0.39, 0.29) is 19.5 Å². The molecule has 0 atom stereocenters. The van der Waals surface area contributed by atoms with Crippen LogP contribution >= 0.6 is 23.8 Å². The van der Waals surface area contributed by atoms with Crippen molar-refractivity contribution in [2.45, 2.75) is 178 Å². The van der Waals surface area contributed by atoms with E-state index >= 15 is 0 Å². The number of unbranched alkanes of at least 4 members (excludes halogenated alkanes) is 9. The second kappa shape index (κ2) is 52.2. The van der Waals surface area contributed by atoms with Crippen molar-refractivity contribution in [2.24, 2.45) is 0 Å². The van der Waals surface area contributed by atoms with Crippen LogP contribution in [0, 0.1) is 6.65 Å². The predicted octanol–water partition coefficient (Wildman–Crippen LogP) is 14.6. The van der Waals surface area contributed by atoms with Gasteiger partial charge in [-0.1, -0.05) is 120 Å². The van der Waals surface area contributed by atoms with E-state index in [1.807, 2.05) is 0 Å². The average molecular weight is 738 g/mol. The number of hydrogen-bond donors (Lipinski definition) is 0. The molecule has 1 radical (unpaired) electrons. The molecule has 5 heteroatoms. The Labute approximate surface area is 286 Å². The van der Waals surface area contributed by atoms with Gasteiger partial charge in [0.1, 0.15) is 0 Å². The van der Waals surface area contributed by atoms with E-state index < -0.39 is 0 Å². The van der Waals surface area contributed by atoms with Crippen LogP contribution in [0.25, 0.3) is 0 Å². The molecule has 0 amide bonds. The van der Waals surface area contributed by atoms with E-state index in [4.69, 9.17) is 4.65 Å². The summed E-state index contributed by atoms with van der Waals surface area (Å²) in [5.41, 5.74) is 0. The summed E-state index contributed by atoms with van der Waals surface area (Å²) in [6.45, 7) is 25.3. The Kier molecular flexibility index (Phi) is 66.1. The molecule has 0 heterocycles. The standard InChI is InChI=1S/3C12H27P.CO.Rh/c3*1-4-7-10-13(11-8-5-2)12-9-6-3;1-2;/h3*4-12H2,1-3H3;;. The summed E-state index contributed by atoms with van der Waals surface area (Å²) in [5.74, 6) is 0. The molecule has 42 heavy (non-hydrogen) atoms. The molecule has 0 bridgehead atoms. The van der Waals surface area contributed by atoms with E-state index in [0.29, 0.717) is 23.8 Å². The summed E-state index contributed by atoms with van der Waals surface area (Å²) < 4.78 is 7.50. The summed E-state index contributed by atoms with van der Waals surface area (Å²) in [6.07, 6.45) is 39.6. The van der Waals surface area contributed by atoms with E-state index in [9.17, 15) is 0 Å². The minimum Gasteiger partial charge on any atom is 0 e. The maximum absolute atomic E-state index is 7.50. The van der Waals surface area contributed by atoms with Crippen LogP contribution in [0.1, 0.15) is 178 Å². The van der Waals surface area contributed by atoms with Crippen molar-refractivity contribution in [1.82, 2.24) is 0 Å². The van der Waals surface area contributed by atoms with E-state index in [0.717, 1.165) is 0 Å². The maximum Gasteiger partial charge on any atom is 0 e. The zero-order chi connectivity index (χ0) is 31.8. The molecule has 0 rings (SSSR count). The smallest absolute Gasteiger partial charge is 0 e. The molecule has 0 unspecified atom stereocenters. The summed E-state index contributed by atoms with van der Waals surface area (Å²) in [6, 6.07) is 0. The molecule has 0 spiro atoms. The molecular formula is C37H81OP3Rh. The zero-order valence-corrected chi connectivity index (χ0v) is 35.0. The summed E-state index contributed by atoms with van der Waals surface area (Å²) in [4.78, 5) is 0. The van der Waals surface area contributed by atoms with Gasteiger partial charge in [-0.25, -0.2) is 0 Å². The molecule has 0 aromatic heterocycles. The quantitative estimate of drug-likeness (QED) is 0.0346. The van der Waals surface area contributed by atoms with Gasteiger partial charge in [-0.2, -0.15) is 0 Å². The Hall–Kier alpha value is 1.65. The Morgan fingerprint density at radius 3 is 0.452 bits per heavy atom. The Morgan fingerprint density at radius 2 is 0.381 bits per heavy atom. The monoisotopic (exact) mass is 737 g/mol. The van der Waals surface area contributed by atoms with Crippen LogP contribution in [0.5, 0.6) is 0 Å². The zero-order valence-electron chi connectivity index (χ0n) is 30.7. The van der Waals surface area contributed by atoms with Gasteiger partial charge in [0, 0.05) is 19.5 Å². The Morgan fingerprint density at radius 1 is 0.286 bits per heavy atom. The van der Waals surface area contributed by atoms with Crippen LogP contribution in [0.15, 0.2) is 0 Å². The minimum absolute atomic E-state index is 0. The Bertz CT molecular complexity index is 322. The van der Waals surface area contributed by atoms with Gasteiger partial charge in [-0.15, -0.1) is 23.8 Å². The number of hydrogen-bond acceptors (Lipinski definition) is 0. The summed E-state index contributed by atoms with van der Waals surface area (Å²) >= 11 is 0. The van der Waals surface area contributed by atoms with Gasteiger partial charge < -0.3 is 0 Å². The third-order valence-electron chi connectivity index (χ3n) is 7.45. The van der Waals surface area contributed by atoms with Crippen LogP contribution in [0.4, 0.5) is 0 Å². The molecule has 0 saturated heterocycles. The molecule has 0 N–H and O–H groups in total. The largest absolute Gasteiger partial charge is 0 e. The fourth-order valence-electron chi connectivity index (χ4n) is 4.44. The average Bonchev–Trinajstić information content (AvgIpc) is 3.01. The molecule has 0 saturated carbocycles. The first kappa shape index (κ1) is 53.2. The van der Waals surface area contributed by atoms with Gasteiger partial charge in [0.15, 0.2) is 0 Å². The SMILES string of the molecule is CCCCP(CCCC)CCCC.CCCCP(CCCC)CCCC.CCCCP(CCCC)CCCC.[C-]#[O+].[Rh]. The first-order valence-electron chi connectivity index (χ1n) is 18.4. The van der Waals surface area contributed by atoms with Crippen LogP contribution in [-0.4, -0.2) is 55.5 Å². The van der Waals surface area contributed by atoms with Crippen molar-refractivity contribution in [3.8, 4) is 0 Å². The van der Waals surface area contributed by atoms with Gasteiger partial charge in [0.05, 0.1) is 0 Å². The predicted molar refractivity (Wildman–Crippen MR) is 203 cm³/mol. The molecule has 259 valence electrons. The van der Waals surface area contributed by atoms with E-state index in [2.05, 4.69) is 69.0 Å². The van der Waals surface area contributed by atoms with E-state index in [1.165, 1.54) is 116 Å². The molecule has 0 aliphatic carbocycles. The first-order chi connectivity index (χ1) is 20.0. The second-order valence-corrected chi connectivity index (χ2v) is 19.8. The second-order valence-electron chi connectivity index (χ2n) is 11.7. The van der Waals surface area contributed by atoms with Crippen LogP contribution in [0.3, 0.4) is 0 Å². The topological polar surface area (TPSA) is 19.9 Å². The van der Waals surface area contributed by atoms with Gasteiger partial charge >= 0.3 is 11.3 Å². The van der Waals surface area contributed by atoms with Gasteiger partial charge in [0.2, 0.25) is 0 Å². The molecule has 1 nitrogen and oxygen atoms in total. The van der Waals surface area contributed by atoms with Crippen LogP contribution in [-0.2, 0) is 24.1 Å². The molecule has 0 fully saturated rings. The van der Waals surface area contributed by atoms with Crippen molar-refractivity contribution >= 4 is 23.8 Å². The molecule has 0 aromatic carbocycles. The fourth-order valence-corrected chi connectivity index (χ4v) is 13.3. The normalized spacial score (nSPS) is 10.3.